The molecule has 4 rings (SSSR count). The Morgan fingerprint density at radius 3 is 3.17 bits per heavy atom. The second kappa shape index (κ2) is 5.78. The van der Waals surface area contributed by atoms with Crippen molar-refractivity contribution in [1.29, 1.82) is 0 Å². The number of hydrogen-bond donors (Lipinski definition) is 2. The van der Waals surface area contributed by atoms with Gasteiger partial charge in [-0.3, -0.25) is 9.78 Å². The Balaban J connectivity index is 1.67. The summed E-state index contributed by atoms with van der Waals surface area (Å²) in [6.07, 6.45) is 3.99. The van der Waals surface area contributed by atoms with Crippen LogP contribution in [-0.4, -0.2) is 20.9 Å². The minimum Gasteiger partial charge on any atom is -0.463 e. The van der Waals surface area contributed by atoms with Crippen LogP contribution in [0.2, 0.25) is 0 Å². The quantitative estimate of drug-likeness (QED) is 0.551. The second-order valence-corrected chi connectivity index (χ2v) is 8.98. The maximum atomic E-state index is 12.5. The average molecular weight is 360 g/mol. The van der Waals surface area contributed by atoms with E-state index >= 15 is 0 Å². The van der Waals surface area contributed by atoms with Crippen molar-refractivity contribution < 1.29 is 4.42 Å². The monoisotopic (exact) mass is 360 g/mol. The number of aromatic amines is 1. The molecule has 24 heavy (non-hydrogen) atoms. The first-order valence-electron chi connectivity index (χ1n) is 7.53. The van der Waals surface area contributed by atoms with Gasteiger partial charge in [0, 0.05) is 15.4 Å². The summed E-state index contributed by atoms with van der Waals surface area (Å²) in [6, 6.07) is 3.57. The first-order chi connectivity index (χ1) is 11.5. The van der Waals surface area contributed by atoms with Gasteiger partial charge in [-0.05, 0) is 24.1 Å². The molecule has 0 saturated carbocycles. The number of furan rings is 1. The fourth-order valence-electron chi connectivity index (χ4n) is 2.73. The number of aromatic nitrogens is 2. The van der Waals surface area contributed by atoms with Gasteiger partial charge < -0.3 is 4.42 Å². The molecule has 1 aliphatic heterocycles. The predicted molar refractivity (Wildman–Crippen MR) is 99.2 cm³/mol. The van der Waals surface area contributed by atoms with Crippen molar-refractivity contribution in [2.24, 2.45) is 5.10 Å². The standard InChI is InChI=1S/C16H16N4O2S2/c1-16(2)6-10-11(8-23-16)24-14-12(10)13(21)18-15(19-14)20-17-7-9-4-3-5-22-9/h3-5,7H,6,8H2,1-2H3,(H2,18,19,20,21)/b17-7-. The zero-order valence-electron chi connectivity index (χ0n) is 13.3. The van der Waals surface area contributed by atoms with Gasteiger partial charge >= 0.3 is 0 Å². The Bertz CT molecular complexity index is 970. The summed E-state index contributed by atoms with van der Waals surface area (Å²) in [5, 5.41) is 4.76. The van der Waals surface area contributed by atoms with Gasteiger partial charge in [0.15, 0.2) is 0 Å². The number of hydrazone groups is 1. The lowest BCUT2D eigenvalue weighted by atomic mass is 10.00. The van der Waals surface area contributed by atoms with Crippen LogP contribution in [0.25, 0.3) is 10.2 Å². The molecule has 0 unspecified atom stereocenters. The van der Waals surface area contributed by atoms with Gasteiger partial charge in [0.25, 0.3) is 5.56 Å². The number of nitrogens with one attached hydrogen (secondary N) is 2. The summed E-state index contributed by atoms with van der Waals surface area (Å²) < 4.78 is 5.31. The van der Waals surface area contributed by atoms with Crippen LogP contribution in [0.4, 0.5) is 5.95 Å². The van der Waals surface area contributed by atoms with Crippen LogP contribution in [0.3, 0.4) is 0 Å². The fourth-order valence-corrected chi connectivity index (χ4v) is 5.07. The molecule has 8 heteroatoms. The highest BCUT2D eigenvalue weighted by atomic mass is 32.2. The molecule has 0 spiro atoms. The SMILES string of the molecule is CC1(C)Cc2c(sc3nc(N/N=C\c4ccco4)[nH]c(=O)c23)CS1. The summed E-state index contributed by atoms with van der Waals surface area (Å²) in [5.74, 6) is 1.89. The number of thiophene rings is 1. The zero-order valence-corrected chi connectivity index (χ0v) is 14.9. The Labute approximate surface area is 146 Å². The highest BCUT2D eigenvalue weighted by Gasteiger charge is 2.30. The van der Waals surface area contributed by atoms with E-state index in [-0.39, 0.29) is 10.3 Å². The first kappa shape index (κ1) is 15.5. The van der Waals surface area contributed by atoms with Crippen molar-refractivity contribution in [3.05, 3.63) is 45.0 Å². The molecule has 1 aliphatic rings. The third kappa shape index (κ3) is 2.87. The van der Waals surface area contributed by atoms with Crippen LogP contribution in [-0.2, 0) is 12.2 Å². The Morgan fingerprint density at radius 1 is 1.50 bits per heavy atom. The molecule has 3 aromatic rings. The number of hydrogen-bond acceptors (Lipinski definition) is 7. The molecule has 0 bridgehead atoms. The van der Waals surface area contributed by atoms with Gasteiger partial charge in [0.2, 0.25) is 5.95 Å². The molecule has 0 aliphatic carbocycles. The van der Waals surface area contributed by atoms with E-state index in [1.165, 1.54) is 11.1 Å². The lowest BCUT2D eigenvalue weighted by molar-refractivity contribution is 0.560. The number of rotatable bonds is 3. The van der Waals surface area contributed by atoms with Crippen LogP contribution in [0.1, 0.15) is 30.0 Å². The summed E-state index contributed by atoms with van der Waals surface area (Å²) in [5.41, 5.74) is 3.79. The van der Waals surface area contributed by atoms with Gasteiger partial charge in [-0.15, -0.1) is 23.1 Å². The molecule has 124 valence electrons. The normalized spacial score (nSPS) is 16.6. The summed E-state index contributed by atoms with van der Waals surface area (Å²) >= 11 is 3.52. The van der Waals surface area contributed by atoms with E-state index < -0.39 is 0 Å². The van der Waals surface area contributed by atoms with E-state index in [2.05, 4.69) is 34.3 Å². The topological polar surface area (TPSA) is 83.3 Å². The van der Waals surface area contributed by atoms with Gasteiger partial charge in [0.1, 0.15) is 10.6 Å². The summed E-state index contributed by atoms with van der Waals surface area (Å²) in [7, 11) is 0. The molecule has 3 aromatic heterocycles. The van der Waals surface area contributed by atoms with Gasteiger partial charge in [-0.25, -0.2) is 10.4 Å². The fraction of sp³-hybridized carbons (Fsp3) is 0.312. The van der Waals surface area contributed by atoms with Crippen LogP contribution in [0, 0.1) is 0 Å². The van der Waals surface area contributed by atoms with Gasteiger partial charge in [-0.2, -0.15) is 5.10 Å². The van der Waals surface area contributed by atoms with Gasteiger partial charge in [0.05, 0.1) is 17.9 Å². The number of anilines is 1. The Morgan fingerprint density at radius 2 is 2.38 bits per heavy atom. The smallest absolute Gasteiger partial charge is 0.261 e. The molecular weight excluding hydrogens is 344 g/mol. The predicted octanol–water partition coefficient (Wildman–Crippen LogP) is 3.59. The molecule has 2 N–H and O–H groups in total. The van der Waals surface area contributed by atoms with Crippen molar-refractivity contribution in [2.45, 2.75) is 30.8 Å². The van der Waals surface area contributed by atoms with Crippen LogP contribution >= 0.6 is 23.1 Å². The minimum absolute atomic E-state index is 0.115. The lowest BCUT2D eigenvalue weighted by Crippen LogP contribution is -2.23. The van der Waals surface area contributed by atoms with Crippen molar-refractivity contribution >= 4 is 45.5 Å². The van der Waals surface area contributed by atoms with Gasteiger partial charge in [-0.1, -0.05) is 13.8 Å². The van der Waals surface area contributed by atoms with Crippen molar-refractivity contribution in [3.8, 4) is 0 Å². The number of H-pyrrole nitrogens is 1. The highest BCUT2D eigenvalue weighted by molar-refractivity contribution is 8.00. The number of nitrogens with zero attached hydrogens (tertiary/aromatic N) is 2. The van der Waals surface area contributed by atoms with E-state index in [1.807, 2.05) is 11.8 Å². The molecular formula is C16H16N4O2S2. The molecule has 0 amide bonds. The van der Waals surface area contributed by atoms with Crippen LogP contribution in [0.5, 0.6) is 0 Å². The van der Waals surface area contributed by atoms with E-state index in [4.69, 9.17) is 4.42 Å². The van der Waals surface area contributed by atoms with Crippen LogP contribution < -0.4 is 11.0 Å². The summed E-state index contributed by atoms with van der Waals surface area (Å²) in [4.78, 5) is 21.8. The first-order valence-corrected chi connectivity index (χ1v) is 9.33. The van der Waals surface area contributed by atoms with Crippen LogP contribution in [0.15, 0.2) is 32.7 Å². The van der Waals surface area contributed by atoms with E-state index in [9.17, 15) is 4.79 Å². The third-order valence-electron chi connectivity index (χ3n) is 3.85. The molecule has 0 radical (unpaired) electrons. The maximum absolute atomic E-state index is 12.5. The minimum atomic E-state index is -0.115. The van der Waals surface area contributed by atoms with Crippen molar-refractivity contribution in [1.82, 2.24) is 9.97 Å². The van der Waals surface area contributed by atoms with E-state index in [1.54, 1.807) is 29.7 Å². The molecule has 0 aromatic carbocycles. The largest absolute Gasteiger partial charge is 0.463 e. The molecule has 0 atom stereocenters. The van der Waals surface area contributed by atoms with E-state index in [0.717, 1.165) is 28.0 Å². The highest BCUT2D eigenvalue weighted by Crippen LogP contribution is 2.43. The number of thioether (sulfide) groups is 1. The zero-order chi connectivity index (χ0) is 16.7. The average Bonchev–Trinajstić information content (AvgIpc) is 3.13. The Kier molecular flexibility index (Phi) is 3.73. The molecule has 6 nitrogen and oxygen atoms in total. The lowest BCUT2D eigenvalue weighted by Gasteiger charge is -2.28. The Hall–Kier alpha value is -2.06. The number of fused-ring (bicyclic) bond motifs is 3. The molecule has 0 saturated heterocycles. The maximum Gasteiger partial charge on any atom is 0.261 e. The molecule has 0 fully saturated rings. The van der Waals surface area contributed by atoms with E-state index in [0.29, 0.717) is 11.7 Å². The molecule has 4 heterocycles. The van der Waals surface area contributed by atoms with Crippen molar-refractivity contribution in [2.75, 3.05) is 5.43 Å². The summed E-state index contributed by atoms with van der Waals surface area (Å²) in [6.45, 7) is 4.43. The third-order valence-corrected chi connectivity index (χ3v) is 6.51. The second-order valence-electron chi connectivity index (χ2n) is 6.21. The van der Waals surface area contributed by atoms with Crippen molar-refractivity contribution in [3.63, 3.8) is 0 Å².